The number of aromatic nitrogens is 2. The summed E-state index contributed by atoms with van der Waals surface area (Å²) >= 11 is 1.52. The fourth-order valence-corrected chi connectivity index (χ4v) is 3.39. The van der Waals surface area contributed by atoms with E-state index >= 15 is 0 Å². The minimum atomic E-state index is -0.159. The van der Waals surface area contributed by atoms with Crippen LogP contribution < -0.4 is 5.32 Å². The van der Waals surface area contributed by atoms with Gasteiger partial charge >= 0.3 is 0 Å². The Labute approximate surface area is 143 Å². The quantitative estimate of drug-likeness (QED) is 0.614. The van der Waals surface area contributed by atoms with Gasteiger partial charge in [0, 0.05) is 23.7 Å². The molecule has 2 heterocycles. The normalized spacial score (nSPS) is 10.8. The van der Waals surface area contributed by atoms with E-state index in [2.05, 4.69) is 10.3 Å². The Kier molecular flexibility index (Phi) is 3.84. The van der Waals surface area contributed by atoms with Crippen LogP contribution in [0.2, 0.25) is 0 Å². The number of nitrogens with zero attached hydrogens (tertiary/aromatic N) is 2. The largest absolute Gasteiger partial charge is 0.347 e. The average Bonchev–Trinajstić information content (AvgIpc) is 3.22. The molecule has 4 rings (SSSR count). The van der Waals surface area contributed by atoms with Crippen LogP contribution in [0.15, 0.2) is 72.2 Å². The minimum Gasteiger partial charge on any atom is -0.347 e. The molecule has 4 nitrogen and oxygen atoms in total. The summed E-state index contributed by atoms with van der Waals surface area (Å²) in [5, 5.41) is 4.94. The van der Waals surface area contributed by atoms with Crippen molar-refractivity contribution in [2.24, 2.45) is 0 Å². The van der Waals surface area contributed by atoms with Gasteiger partial charge in [0.05, 0.1) is 5.69 Å². The lowest BCUT2D eigenvalue weighted by Gasteiger charge is -2.06. The van der Waals surface area contributed by atoms with E-state index in [-0.39, 0.29) is 5.91 Å². The average molecular weight is 333 g/mol. The van der Waals surface area contributed by atoms with Crippen molar-refractivity contribution in [2.45, 2.75) is 6.54 Å². The van der Waals surface area contributed by atoms with Crippen LogP contribution in [0.3, 0.4) is 0 Å². The molecular formula is C19H15N3OS. The Bertz CT molecular complexity index is 974. The molecule has 0 bridgehead atoms. The summed E-state index contributed by atoms with van der Waals surface area (Å²) in [6.07, 6.45) is 1.95. The maximum Gasteiger partial charge on any atom is 0.272 e. The van der Waals surface area contributed by atoms with Crippen LogP contribution >= 0.6 is 11.3 Å². The molecule has 1 N–H and O–H groups in total. The summed E-state index contributed by atoms with van der Waals surface area (Å²) in [6, 6.07) is 19.7. The zero-order valence-electron chi connectivity index (χ0n) is 12.8. The number of carbonyl (C=O) groups is 1. The number of nitrogens with one attached hydrogen (secondary N) is 1. The Balaban J connectivity index is 1.68. The van der Waals surface area contributed by atoms with E-state index in [1.165, 1.54) is 11.3 Å². The number of amides is 1. The number of hydrogen-bond acceptors (Lipinski definition) is 3. The molecule has 0 unspecified atom stereocenters. The molecule has 4 aromatic rings. The number of rotatable bonds is 4. The summed E-state index contributed by atoms with van der Waals surface area (Å²) in [7, 11) is 0. The van der Waals surface area contributed by atoms with Crippen LogP contribution in [-0.2, 0) is 6.54 Å². The van der Waals surface area contributed by atoms with Gasteiger partial charge in [0.25, 0.3) is 5.91 Å². The second-order valence-electron chi connectivity index (χ2n) is 5.40. The number of thiazole rings is 1. The second-order valence-corrected chi connectivity index (χ2v) is 6.27. The van der Waals surface area contributed by atoms with Crippen molar-refractivity contribution in [3.8, 4) is 11.3 Å². The van der Waals surface area contributed by atoms with Gasteiger partial charge < -0.3 is 5.32 Å². The Morgan fingerprint density at radius 3 is 2.50 bits per heavy atom. The Hall–Kier alpha value is -2.92. The molecule has 5 heteroatoms. The number of fused-ring (bicyclic) bond motifs is 1. The zero-order valence-corrected chi connectivity index (χ0v) is 13.7. The third-order valence-corrected chi connectivity index (χ3v) is 4.58. The molecule has 0 saturated heterocycles. The Morgan fingerprint density at radius 2 is 1.75 bits per heavy atom. The predicted octanol–water partition coefficient (Wildman–Crippen LogP) is 3.99. The van der Waals surface area contributed by atoms with Gasteiger partial charge in [-0.15, -0.1) is 11.3 Å². The number of hydrogen-bond donors (Lipinski definition) is 1. The molecular weight excluding hydrogens is 318 g/mol. The van der Waals surface area contributed by atoms with E-state index in [0.717, 1.165) is 21.8 Å². The lowest BCUT2D eigenvalue weighted by Crippen LogP contribution is -2.23. The van der Waals surface area contributed by atoms with Gasteiger partial charge in [-0.1, -0.05) is 60.7 Å². The molecule has 0 saturated carbocycles. The standard InChI is InChI=1S/C19H15N3OS/c23-18(20-13-14-7-3-1-4-8-14)16-17(15-9-5-2-6-10-15)22-11-12-24-19(22)21-16/h1-12H,13H2,(H,20,23). The third kappa shape index (κ3) is 2.70. The van der Waals surface area contributed by atoms with Crippen molar-refractivity contribution >= 4 is 22.2 Å². The van der Waals surface area contributed by atoms with Crippen molar-refractivity contribution < 1.29 is 4.79 Å². The first-order chi connectivity index (χ1) is 11.8. The van der Waals surface area contributed by atoms with Crippen molar-refractivity contribution in [1.82, 2.24) is 14.7 Å². The molecule has 0 aliphatic rings. The highest BCUT2D eigenvalue weighted by molar-refractivity contribution is 7.15. The fraction of sp³-hybridized carbons (Fsp3) is 0.0526. The van der Waals surface area contributed by atoms with E-state index in [1.54, 1.807) is 0 Å². The molecule has 0 radical (unpaired) electrons. The third-order valence-electron chi connectivity index (χ3n) is 3.82. The number of carbonyl (C=O) groups excluding carboxylic acids is 1. The maximum absolute atomic E-state index is 12.7. The molecule has 24 heavy (non-hydrogen) atoms. The van der Waals surface area contributed by atoms with Crippen LogP contribution in [-0.4, -0.2) is 15.3 Å². The van der Waals surface area contributed by atoms with E-state index in [0.29, 0.717) is 12.2 Å². The summed E-state index contributed by atoms with van der Waals surface area (Å²) in [5.74, 6) is -0.159. The number of imidazole rings is 1. The molecule has 1 amide bonds. The monoisotopic (exact) mass is 333 g/mol. The van der Waals surface area contributed by atoms with Crippen molar-refractivity contribution in [3.05, 3.63) is 83.5 Å². The highest BCUT2D eigenvalue weighted by Crippen LogP contribution is 2.27. The van der Waals surface area contributed by atoms with Crippen LogP contribution in [0.4, 0.5) is 0 Å². The fourth-order valence-electron chi connectivity index (χ4n) is 2.68. The molecule has 118 valence electrons. The summed E-state index contributed by atoms with van der Waals surface area (Å²) in [5.41, 5.74) is 3.34. The lowest BCUT2D eigenvalue weighted by molar-refractivity contribution is 0.0947. The van der Waals surface area contributed by atoms with Crippen molar-refractivity contribution in [3.63, 3.8) is 0 Å². The Morgan fingerprint density at radius 1 is 1.04 bits per heavy atom. The first-order valence-corrected chi connectivity index (χ1v) is 8.54. The SMILES string of the molecule is O=C(NCc1ccccc1)c1nc2sccn2c1-c1ccccc1. The minimum absolute atomic E-state index is 0.159. The van der Waals surface area contributed by atoms with E-state index in [9.17, 15) is 4.79 Å². The van der Waals surface area contributed by atoms with Gasteiger partial charge in [-0.3, -0.25) is 9.20 Å². The van der Waals surface area contributed by atoms with Crippen molar-refractivity contribution in [1.29, 1.82) is 0 Å². The predicted molar refractivity (Wildman–Crippen MR) is 96.1 cm³/mol. The second kappa shape index (κ2) is 6.29. The van der Waals surface area contributed by atoms with E-state index in [1.807, 2.05) is 76.6 Å². The topological polar surface area (TPSA) is 46.4 Å². The molecule has 2 aromatic heterocycles. The van der Waals surface area contributed by atoms with Crippen LogP contribution in [0.5, 0.6) is 0 Å². The smallest absolute Gasteiger partial charge is 0.272 e. The van der Waals surface area contributed by atoms with E-state index in [4.69, 9.17) is 0 Å². The van der Waals surface area contributed by atoms with Gasteiger partial charge in [-0.25, -0.2) is 4.98 Å². The van der Waals surface area contributed by atoms with E-state index < -0.39 is 0 Å². The van der Waals surface area contributed by atoms with Gasteiger partial charge in [-0.05, 0) is 5.56 Å². The van der Waals surface area contributed by atoms with Crippen LogP contribution in [0.25, 0.3) is 16.2 Å². The molecule has 0 atom stereocenters. The summed E-state index contributed by atoms with van der Waals surface area (Å²) in [4.78, 5) is 18.0. The highest BCUT2D eigenvalue weighted by Gasteiger charge is 2.20. The van der Waals surface area contributed by atoms with Crippen LogP contribution in [0, 0.1) is 0 Å². The molecule has 0 fully saturated rings. The van der Waals surface area contributed by atoms with Gasteiger partial charge in [0.15, 0.2) is 10.7 Å². The van der Waals surface area contributed by atoms with Gasteiger partial charge in [0.1, 0.15) is 0 Å². The van der Waals surface area contributed by atoms with Gasteiger partial charge in [0.2, 0.25) is 0 Å². The summed E-state index contributed by atoms with van der Waals surface area (Å²) < 4.78 is 1.97. The maximum atomic E-state index is 12.7. The summed E-state index contributed by atoms with van der Waals surface area (Å²) in [6.45, 7) is 0.485. The van der Waals surface area contributed by atoms with Gasteiger partial charge in [-0.2, -0.15) is 0 Å². The van der Waals surface area contributed by atoms with Crippen molar-refractivity contribution in [2.75, 3.05) is 0 Å². The lowest BCUT2D eigenvalue weighted by atomic mass is 10.1. The molecule has 2 aromatic carbocycles. The molecule has 0 spiro atoms. The highest BCUT2D eigenvalue weighted by atomic mass is 32.1. The number of benzene rings is 2. The first kappa shape index (κ1) is 14.7. The van der Waals surface area contributed by atoms with Crippen LogP contribution in [0.1, 0.15) is 16.1 Å². The first-order valence-electron chi connectivity index (χ1n) is 7.66. The zero-order chi connectivity index (χ0) is 16.4. The molecule has 0 aliphatic heterocycles. The molecule has 0 aliphatic carbocycles.